The summed E-state index contributed by atoms with van der Waals surface area (Å²) in [6.45, 7) is 0.557. The fraction of sp³-hybridized carbons (Fsp3) is 0.125. The minimum Gasteiger partial charge on any atom is -0.476 e. The number of aromatic carboxylic acids is 1. The van der Waals surface area contributed by atoms with E-state index in [1.165, 1.54) is 0 Å². The van der Waals surface area contributed by atoms with Crippen molar-refractivity contribution in [1.82, 2.24) is 20.0 Å². The molecule has 0 unspecified atom stereocenters. The highest BCUT2D eigenvalue weighted by molar-refractivity contribution is 5.92. The van der Waals surface area contributed by atoms with Crippen molar-refractivity contribution in [2.45, 2.75) is 13.0 Å². The lowest BCUT2D eigenvalue weighted by Gasteiger charge is -2.07. The highest BCUT2D eigenvalue weighted by Gasteiger charge is 2.20. The second-order valence-corrected chi connectivity index (χ2v) is 4.79. The maximum absolute atomic E-state index is 11.4. The van der Waals surface area contributed by atoms with Gasteiger partial charge in [0.25, 0.3) is 0 Å². The van der Waals surface area contributed by atoms with E-state index >= 15 is 0 Å². The topological polar surface area (TPSA) is 80.9 Å². The van der Waals surface area contributed by atoms with Gasteiger partial charge in [-0.1, -0.05) is 35.5 Å². The molecule has 0 radical (unpaired) electrons. The normalized spacial score (nSPS) is 10.5. The van der Waals surface area contributed by atoms with Gasteiger partial charge in [0.05, 0.1) is 0 Å². The van der Waals surface area contributed by atoms with Crippen LogP contribution in [0.2, 0.25) is 0 Å². The van der Waals surface area contributed by atoms with Crippen LogP contribution in [0.15, 0.2) is 54.9 Å². The number of pyridine rings is 1. The molecule has 0 amide bonds. The molecule has 0 aliphatic rings. The maximum atomic E-state index is 11.4. The third-order valence-electron chi connectivity index (χ3n) is 3.35. The molecule has 6 heteroatoms. The van der Waals surface area contributed by atoms with Crippen molar-refractivity contribution < 1.29 is 9.90 Å². The molecule has 0 spiro atoms. The van der Waals surface area contributed by atoms with Crippen molar-refractivity contribution >= 4 is 5.97 Å². The number of benzene rings is 1. The highest BCUT2D eigenvalue weighted by Crippen LogP contribution is 2.22. The number of hydrogen-bond donors (Lipinski definition) is 1. The molecule has 6 nitrogen and oxygen atoms in total. The molecule has 3 aromatic rings. The number of nitrogens with zero attached hydrogens (tertiary/aromatic N) is 4. The van der Waals surface area contributed by atoms with Crippen molar-refractivity contribution in [3.8, 4) is 11.3 Å². The third-order valence-corrected chi connectivity index (χ3v) is 3.35. The van der Waals surface area contributed by atoms with Gasteiger partial charge < -0.3 is 5.11 Å². The van der Waals surface area contributed by atoms with Crippen LogP contribution in [0, 0.1) is 0 Å². The summed E-state index contributed by atoms with van der Waals surface area (Å²) in [5.41, 5.74) is 2.37. The first-order valence-electron chi connectivity index (χ1n) is 6.87. The average molecular weight is 294 g/mol. The lowest BCUT2D eigenvalue weighted by Crippen LogP contribution is -2.07. The molecular formula is C16H14N4O2. The largest absolute Gasteiger partial charge is 0.476 e. The minimum absolute atomic E-state index is 0.0424. The van der Waals surface area contributed by atoms with E-state index < -0.39 is 5.97 Å². The smallest absolute Gasteiger partial charge is 0.358 e. The second-order valence-electron chi connectivity index (χ2n) is 4.79. The van der Waals surface area contributed by atoms with Gasteiger partial charge in [-0.25, -0.2) is 9.48 Å². The summed E-state index contributed by atoms with van der Waals surface area (Å²) >= 11 is 0. The fourth-order valence-electron chi connectivity index (χ4n) is 2.29. The molecule has 0 aliphatic carbocycles. The third kappa shape index (κ3) is 2.85. The van der Waals surface area contributed by atoms with Crippen molar-refractivity contribution in [3.63, 3.8) is 0 Å². The van der Waals surface area contributed by atoms with Crippen LogP contribution in [0.25, 0.3) is 11.3 Å². The van der Waals surface area contributed by atoms with Gasteiger partial charge in [0, 0.05) is 24.5 Å². The van der Waals surface area contributed by atoms with Crippen LogP contribution in [0.5, 0.6) is 0 Å². The summed E-state index contributed by atoms with van der Waals surface area (Å²) in [7, 11) is 0. The Labute approximate surface area is 127 Å². The fourth-order valence-corrected chi connectivity index (χ4v) is 2.29. The SMILES string of the molecule is O=C(O)c1nnn(CCc2ccccc2)c1-c1ccncc1. The molecule has 1 aromatic carbocycles. The average Bonchev–Trinajstić information content (AvgIpc) is 2.99. The van der Waals surface area contributed by atoms with Crippen LogP contribution < -0.4 is 0 Å². The maximum Gasteiger partial charge on any atom is 0.358 e. The number of carboxylic acid groups (broad SMARTS) is 1. The van der Waals surface area contributed by atoms with Crippen LogP contribution >= 0.6 is 0 Å². The number of aromatic nitrogens is 4. The molecule has 0 atom stereocenters. The molecule has 22 heavy (non-hydrogen) atoms. The quantitative estimate of drug-likeness (QED) is 0.780. The van der Waals surface area contributed by atoms with Gasteiger partial charge in [0.2, 0.25) is 0 Å². The van der Waals surface area contributed by atoms with Gasteiger partial charge in [-0.2, -0.15) is 0 Å². The minimum atomic E-state index is -1.09. The number of carboxylic acids is 1. The van der Waals surface area contributed by atoms with Crippen LogP contribution in [0.1, 0.15) is 16.1 Å². The molecular weight excluding hydrogens is 280 g/mol. The number of hydrogen-bond acceptors (Lipinski definition) is 4. The van der Waals surface area contributed by atoms with Crippen LogP contribution in [0.4, 0.5) is 0 Å². The number of aryl methyl sites for hydroxylation is 2. The standard InChI is InChI=1S/C16H14N4O2/c21-16(22)14-15(13-6-9-17-10-7-13)20(19-18-14)11-8-12-4-2-1-3-5-12/h1-7,9-10H,8,11H2,(H,21,22). The van der Waals surface area contributed by atoms with E-state index in [2.05, 4.69) is 15.3 Å². The molecule has 110 valence electrons. The van der Waals surface area contributed by atoms with Crippen LogP contribution in [-0.2, 0) is 13.0 Å². The first kappa shape index (κ1) is 13.9. The van der Waals surface area contributed by atoms with Gasteiger partial charge in [-0.05, 0) is 24.1 Å². The predicted octanol–water partition coefficient (Wildman–Crippen LogP) is 2.28. The van der Waals surface area contributed by atoms with E-state index in [9.17, 15) is 9.90 Å². The van der Waals surface area contributed by atoms with Gasteiger partial charge in [0.1, 0.15) is 5.69 Å². The Kier molecular flexibility index (Phi) is 3.91. The summed E-state index contributed by atoms with van der Waals surface area (Å²) in [6.07, 6.45) is 3.99. The summed E-state index contributed by atoms with van der Waals surface area (Å²) < 4.78 is 1.63. The van der Waals surface area contributed by atoms with Crippen molar-refractivity contribution in [2.24, 2.45) is 0 Å². The monoisotopic (exact) mass is 294 g/mol. The molecule has 3 rings (SSSR count). The zero-order valence-corrected chi connectivity index (χ0v) is 11.8. The van der Waals surface area contributed by atoms with Gasteiger partial charge in [-0.15, -0.1) is 5.10 Å². The van der Waals surface area contributed by atoms with E-state index in [0.717, 1.165) is 17.5 Å². The lowest BCUT2D eigenvalue weighted by molar-refractivity contribution is 0.0691. The van der Waals surface area contributed by atoms with Crippen molar-refractivity contribution in [2.75, 3.05) is 0 Å². The van der Waals surface area contributed by atoms with Gasteiger partial charge >= 0.3 is 5.97 Å². The second kappa shape index (κ2) is 6.17. The van der Waals surface area contributed by atoms with E-state index in [1.54, 1.807) is 29.2 Å². The Morgan fingerprint density at radius 1 is 1.09 bits per heavy atom. The Hall–Kier alpha value is -3.02. The molecule has 2 heterocycles. The molecule has 0 aliphatic heterocycles. The molecule has 0 fully saturated rings. The van der Waals surface area contributed by atoms with Gasteiger partial charge in [-0.3, -0.25) is 4.98 Å². The van der Waals surface area contributed by atoms with Crippen LogP contribution in [-0.4, -0.2) is 31.1 Å². The Balaban J connectivity index is 1.93. The summed E-state index contributed by atoms with van der Waals surface area (Å²) in [6, 6.07) is 13.5. The first-order chi connectivity index (χ1) is 10.8. The van der Waals surface area contributed by atoms with E-state index in [-0.39, 0.29) is 5.69 Å². The Morgan fingerprint density at radius 3 is 2.50 bits per heavy atom. The number of carbonyl (C=O) groups is 1. The van der Waals surface area contributed by atoms with E-state index in [0.29, 0.717) is 12.2 Å². The Morgan fingerprint density at radius 2 is 1.82 bits per heavy atom. The zero-order chi connectivity index (χ0) is 15.4. The van der Waals surface area contributed by atoms with Gasteiger partial charge in [0.15, 0.2) is 5.69 Å². The molecule has 0 saturated heterocycles. The highest BCUT2D eigenvalue weighted by atomic mass is 16.4. The molecule has 2 aromatic heterocycles. The lowest BCUT2D eigenvalue weighted by atomic mass is 10.1. The molecule has 0 saturated carbocycles. The van der Waals surface area contributed by atoms with Crippen LogP contribution in [0.3, 0.4) is 0 Å². The predicted molar refractivity (Wildman–Crippen MR) is 80.4 cm³/mol. The van der Waals surface area contributed by atoms with E-state index in [4.69, 9.17) is 0 Å². The van der Waals surface area contributed by atoms with Crippen molar-refractivity contribution in [3.05, 3.63) is 66.1 Å². The number of rotatable bonds is 5. The zero-order valence-electron chi connectivity index (χ0n) is 11.8. The van der Waals surface area contributed by atoms with E-state index in [1.807, 2.05) is 30.3 Å². The van der Waals surface area contributed by atoms with Crippen molar-refractivity contribution in [1.29, 1.82) is 0 Å². The first-order valence-corrected chi connectivity index (χ1v) is 6.87. The summed E-state index contributed by atoms with van der Waals surface area (Å²) in [5.74, 6) is -1.09. The molecule has 1 N–H and O–H groups in total. The molecule has 0 bridgehead atoms. The summed E-state index contributed by atoms with van der Waals surface area (Å²) in [5, 5.41) is 17.1. The summed E-state index contributed by atoms with van der Waals surface area (Å²) in [4.78, 5) is 15.3. The Bertz CT molecular complexity index is 769.